The van der Waals surface area contributed by atoms with Crippen molar-refractivity contribution >= 4 is 28.6 Å². The molecule has 2 heterocycles. The molecule has 1 atom stereocenters. The molecule has 2 aromatic rings. The summed E-state index contributed by atoms with van der Waals surface area (Å²) >= 11 is 5.96. The van der Waals surface area contributed by atoms with E-state index in [-0.39, 0.29) is 17.5 Å². The molecule has 1 N–H and O–H groups in total. The Morgan fingerprint density at radius 2 is 2.38 bits per heavy atom. The van der Waals surface area contributed by atoms with Gasteiger partial charge in [-0.25, -0.2) is 9.78 Å². The molecule has 7 heteroatoms. The molecule has 0 amide bonds. The number of ether oxygens (including phenoxy) is 2. The highest BCUT2D eigenvalue weighted by molar-refractivity contribution is 6.17. The highest BCUT2D eigenvalue weighted by atomic mass is 35.5. The molecular formula is C14H15ClN2O4. The number of halogens is 1. The van der Waals surface area contributed by atoms with Crippen molar-refractivity contribution < 1.29 is 19.4 Å². The summed E-state index contributed by atoms with van der Waals surface area (Å²) in [6, 6.07) is 3.07. The standard InChI is InChI=1S/C14H15ClN2O4/c1-20-11-5-8(14(18)19)4-10-13(11)16-12(6-15)17(10)7-9-2-3-21-9/h4-5,9H,2-3,6-7H2,1H3,(H,18,19)/t9-/m0/s1. The highest BCUT2D eigenvalue weighted by Gasteiger charge is 2.23. The van der Waals surface area contributed by atoms with E-state index in [4.69, 9.17) is 21.1 Å². The molecule has 1 fully saturated rings. The number of hydrogen-bond donors (Lipinski definition) is 1. The average molecular weight is 311 g/mol. The van der Waals surface area contributed by atoms with E-state index in [9.17, 15) is 9.90 Å². The number of aromatic nitrogens is 2. The first kappa shape index (κ1) is 14.2. The zero-order valence-corrected chi connectivity index (χ0v) is 12.3. The van der Waals surface area contributed by atoms with Crippen molar-refractivity contribution in [3.8, 4) is 5.75 Å². The summed E-state index contributed by atoms with van der Waals surface area (Å²) in [7, 11) is 1.49. The topological polar surface area (TPSA) is 73.6 Å². The minimum Gasteiger partial charge on any atom is -0.494 e. The molecule has 112 valence electrons. The Balaban J connectivity index is 2.17. The van der Waals surface area contributed by atoms with Crippen LogP contribution in [0.2, 0.25) is 0 Å². The summed E-state index contributed by atoms with van der Waals surface area (Å²) in [6.45, 7) is 1.38. The lowest BCUT2D eigenvalue weighted by Crippen LogP contribution is -2.31. The van der Waals surface area contributed by atoms with Gasteiger partial charge >= 0.3 is 5.97 Å². The molecule has 0 radical (unpaired) electrons. The van der Waals surface area contributed by atoms with Crippen molar-refractivity contribution in [2.75, 3.05) is 13.7 Å². The molecule has 1 saturated heterocycles. The third-order valence-corrected chi connectivity index (χ3v) is 3.90. The maximum atomic E-state index is 11.3. The summed E-state index contributed by atoms with van der Waals surface area (Å²) in [5.41, 5.74) is 1.49. The van der Waals surface area contributed by atoms with Crippen molar-refractivity contribution in [2.24, 2.45) is 0 Å². The van der Waals surface area contributed by atoms with Crippen LogP contribution in [0.5, 0.6) is 5.75 Å². The van der Waals surface area contributed by atoms with Gasteiger partial charge in [-0.3, -0.25) is 0 Å². The monoisotopic (exact) mass is 310 g/mol. The lowest BCUT2D eigenvalue weighted by atomic mass is 10.1. The molecule has 21 heavy (non-hydrogen) atoms. The number of carbonyl (C=O) groups is 1. The van der Waals surface area contributed by atoms with E-state index in [0.717, 1.165) is 13.0 Å². The smallest absolute Gasteiger partial charge is 0.335 e. The summed E-state index contributed by atoms with van der Waals surface area (Å²) < 4.78 is 12.6. The molecule has 1 aromatic carbocycles. The van der Waals surface area contributed by atoms with Gasteiger partial charge in [0.2, 0.25) is 0 Å². The Morgan fingerprint density at radius 1 is 1.62 bits per heavy atom. The van der Waals surface area contributed by atoms with Gasteiger partial charge in [0.1, 0.15) is 17.1 Å². The van der Waals surface area contributed by atoms with Crippen molar-refractivity contribution in [1.82, 2.24) is 9.55 Å². The van der Waals surface area contributed by atoms with Gasteiger partial charge in [-0.2, -0.15) is 0 Å². The minimum absolute atomic E-state index is 0.129. The first-order valence-corrected chi connectivity index (χ1v) is 7.15. The van der Waals surface area contributed by atoms with Crippen molar-refractivity contribution in [3.05, 3.63) is 23.5 Å². The number of alkyl halides is 1. The van der Waals surface area contributed by atoms with E-state index >= 15 is 0 Å². The fraction of sp³-hybridized carbons (Fsp3) is 0.429. The number of benzene rings is 1. The third-order valence-electron chi connectivity index (χ3n) is 3.66. The summed E-state index contributed by atoms with van der Waals surface area (Å²) in [4.78, 5) is 15.7. The number of carboxylic acids is 1. The fourth-order valence-electron chi connectivity index (χ4n) is 2.46. The zero-order valence-electron chi connectivity index (χ0n) is 11.5. The second kappa shape index (κ2) is 5.54. The zero-order chi connectivity index (χ0) is 15.0. The summed E-state index contributed by atoms with van der Waals surface area (Å²) in [5.74, 6) is 0.357. The second-order valence-corrected chi connectivity index (χ2v) is 5.17. The SMILES string of the molecule is COc1cc(C(=O)O)cc2c1nc(CCl)n2C[C@@H]1CCO1. The van der Waals surface area contributed by atoms with Crippen LogP contribution in [0.25, 0.3) is 11.0 Å². The van der Waals surface area contributed by atoms with Crippen LogP contribution in [-0.4, -0.2) is 40.4 Å². The molecule has 0 unspecified atom stereocenters. The first-order valence-electron chi connectivity index (χ1n) is 6.62. The number of fused-ring (bicyclic) bond motifs is 1. The first-order chi connectivity index (χ1) is 10.1. The number of aromatic carboxylic acids is 1. The quantitative estimate of drug-likeness (QED) is 0.858. The van der Waals surface area contributed by atoms with Crippen LogP contribution in [0.4, 0.5) is 0 Å². The number of nitrogens with zero attached hydrogens (tertiary/aromatic N) is 2. The normalized spacial score (nSPS) is 17.7. The number of hydrogen-bond acceptors (Lipinski definition) is 4. The predicted octanol–water partition coefficient (Wildman–Crippen LogP) is 2.27. The molecule has 1 aromatic heterocycles. The van der Waals surface area contributed by atoms with Crippen LogP contribution >= 0.6 is 11.6 Å². The maximum absolute atomic E-state index is 11.3. The Bertz CT molecular complexity index is 694. The Morgan fingerprint density at radius 3 is 2.90 bits per heavy atom. The molecule has 0 saturated carbocycles. The fourth-order valence-corrected chi connectivity index (χ4v) is 2.66. The van der Waals surface area contributed by atoms with E-state index in [1.165, 1.54) is 13.2 Å². The molecule has 0 spiro atoms. The van der Waals surface area contributed by atoms with Gasteiger partial charge < -0.3 is 19.1 Å². The van der Waals surface area contributed by atoms with E-state index in [0.29, 0.717) is 29.2 Å². The lowest BCUT2D eigenvalue weighted by molar-refractivity contribution is -0.0589. The number of methoxy groups -OCH3 is 1. The van der Waals surface area contributed by atoms with Gasteiger partial charge in [-0.15, -0.1) is 11.6 Å². The van der Waals surface area contributed by atoms with Crippen molar-refractivity contribution in [3.63, 3.8) is 0 Å². The van der Waals surface area contributed by atoms with Crippen molar-refractivity contribution in [1.29, 1.82) is 0 Å². The van der Waals surface area contributed by atoms with E-state index in [1.54, 1.807) is 6.07 Å². The van der Waals surface area contributed by atoms with Crippen LogP contribution in [-0.2, 0) is 17.2 Å². The molecule has 1 aliphatic heterocycles. The summed E-state index contributed by atoms with van der Waals surface area (Å²) in [5, 5.41) is 9.22. The average Bonchev–Trinajstić information content (AvgIpc) is 2.79. The van der Waals surface area contributed by atoms with Crippen LogP contribution < -0.4 is 4.74 Å². The predicted molar refractivity (Wildman–Crippen MR) is 77.2 cm³/mol. The van der Waals surface area contributed by atoms with Crippen LogP contribution in [0.3, 0.4) is 0 Å². The Labute approximate surface area is 126 Å². The molecule has 3 rings (SSSR count). The van der Waals surface area contributed by atoms with Crippen molar-refractivity contribution in [2.45, 2.75) is 24.9 Å². The van der Waals surface area contributed by atoms with Crippen LogP contribution in [0.1, 0.15) is 22.6 Å². The highest BCUT2D eigenvalue weighted by Crippen LogP contribution is 2.30. The number of carboxylic acid groups (broad SMARTS) is 1. The lowest BCUT2D eigenvalue weighted by Gasteiger charge is -2.27. The molecular weight excluding hydrogens is 296 g/mol. The largest absolute Gasteiger partial charge is 0.494 e. The molecule has 6 nitrogen and oxygen atoms in total. The van der Waals surface area contributed by atoms with E-state index in [1.807, 2.05) is 4.57 Å². The Hall–Kier alpha value is -1.79. The van der Waals surface area contributed by atoms with Gasteiger partial charge in [0.05, 0.1) is 36.7 Å². The van der Waals surface area contributed by atoms with Gasteiger partial charge in [0, 0.05) is 6.61 Å². The minimum atomic E-state index is -1.00. The second-order valence-electron chi connectivity index (χ2n) is 4.91. The molecule has 0 bridgehead atoms. The van der Waals surface area contributed by atoms with Gasteiger partial charge in [-0.05, 0) is 18.6 Å². The molecule has 0 aliphatic carbocycles. The van der Waals surface area contributed by atoms with Gasteiger partial charge in [0.15, 0.2) is 0 Å². The summed E-state index contributed by atoms with van der Waals surface area (Å²) in [6.07, 6.45) is 1.11. The maximum Gasteiger partial charge on any atom is 0.335 e. The number of imidazole rings is 1. The van der Waals surface area contributed by atoms with Crippen LogP contribution in [0.15, 0.2) is 12.1 Å². The molecule has 1 aliphatic rings. The third kappa shape index (κ3) is 2.45. The number of rotatable bonds is 5. The van der Waals surface area contributed by atoms with E-state index < -0.39 is 5.97 Å². The Kier molecular flexibility index (Phi) is 3.73. The van der Waals surface area contributed by atoms with Gasteiger partial charge in [-0.1, -0.05) is 0 Å². The van der Waals surface area contributed by atoms with Crippen LogP contribution in [0, 0.1) is 0 Å². The van der Waals surface area contributed by atoms with Gasteiger partial charge in [0.25, 0.3) is 0 Å². The van der Waals surface area contributed by atoms with E-state index in [2.05, 4.69) is 4.98 Å².